The number of benzene rings is 2. The number of carbonyl (C=O) groups is 2. The lowest BCUT2D eigenvalue weighted by molar-refractivity contribution is -0.124. The molecule has 0 bridgehead atoms. The molecule has 7 nitrogen and oxygen atoms in total. The van der Waals surface area contributed by atoms with Gasteiger partial charge in [0.1, 0.15) is 5.75 Å². The number of rotatable bonds is 8. The fraction of sp³-hybridized carbons (Fsp3) is 0.333. The second-order valence-electron chi connectivity index (χ2n) is 6.19. The third-order valence-electron chi connectivity index (χ3n) is 4.21. The fourth-order valence-corrected chi connectivity index (χ4v) is 2.64. The van der Waals surface area contributed by atoms with Crippen molar-refractivity contribution in [3.8, 4) is 17.2 Å². The molecular formula is C21H25NO6. The SMILES string of the molecule is COc1cc(OC)c(OC)cc1CNC(=O)COC(=O)c1cc(C)ccc1C. The van der Waals surface area contributed by atoms with Crippen LogP contribution in [0.5, 0.6) is 17.2 Å². The number of ether oxygens (including phenoxy) is 4. The summed E-state index contributed by atoms with van der Waals surface area (Å²) >= 11 is 0. The molecular weight excluding hydrogens is 362 g/mol. The summed E-state index contributed by atoms with van der Waals surface area (Å²) in [7, 11) is 4.58. The van der Waals surface area contributed by atoms with Crippen LogP contribution in [0.4, 0.5) is 0 Å². The number of carbonyl (C=O) groups excluding carboxylic acids is 2. The van der Waals surface area contributed by atoms with Crippen LogP contribution in [-0.2, 0) is 16.1 Å². The Morgan fingerprint density at radius 1 is 0.893 bits per heavy atom. The van der Waals surface area contributed by atoms with Crippen LogP contribution >= 0.6 is 0 Å². The number of methoxy groups -OCH3 is 3. The topological polar surface area (TPSA) is 83.1 Å². The third-order valence-corrected chi connectivity index (χ3v) is 4.21. The maximum absolute atomic E-state index is 12.2. The van der Waals surface area contributed by atoms with Crippen LogP contribution in [0.1, 0.15) is 27.0 Å². The average Bonchev–Trinajstić information content (AvgIpc) is 2.71. The molecule has 2 rings (SSSR count). The van der Waals surface area contributed by atoms with E-state index in [-0.39, 0.29) is 13.2 Å². The lowest BCUT2D eigenvalue weighted by Crippen LogP contribution is -2.28. The van der Waals surface area contributed by atoms with E-state index in [0.717, 1.165) is 11.1 Å². The monoisotopic (exact) mass is 387 g/mol. The summed E-state index contributed by atoms with van der Waals surface area (Å²) in [6.07, 6.45) is 0. The summed E-state index contributed by atoms with van der Waals surface area (Å²) in [5, 5.41) is 2.70. The van der Waals surface area contributed by atoms with Crippen molar-refractivity contribution in [2.45, 2.75) is 20.4 Å². The Kier molecular flexibility index (Phi) is 7.26. The van der Waals surface area contributed by atoms with Gasteiger partial charge in [-0.1, -0.05) is 17.7 Å². The zero-order chi connectivity index (χ0) is 20.7. The smallest absolute Gasteiger partial charge is 0.338 e. The Balaban J connectivity index is 1.97. The molecule has 0 fully saturated rings. The summed E-state index contributed by atoms with van der Waals surface area (Å²) in [5.41, 5.74) is 2.90. The molecule has 2 aromatic carbocycles. The van der Waals surface area contributed by atoms with Gasteiger partial charge < -0.3 is 24.3 Å². The van der Waals surface area contributed by atoms with Crippen LogP contribution in [0.2, 0.25) is 0 Å². The van der Waals surface area contributed by atoms with E-state index >= 15 is 0 Å². The summed E-state index contributed by atoms with van der Waals surface area (Å²) in [6.45, 7) is 3.52. The van der Waals surface area contributed by atoms with E-state index < -0.39 is 11.9 Å². The molecule has 0 unspecified atom stereocenters. The van der Waals surface area contributed by atoms with Crippen molar-refractivity contribution < 1.29 is 28.5 Å². The predicted octanol–water partition coefficient (Wildman–Crippen LogP) is 2.80. The Labute approximate surface area is 164 Å². The maximum atomic E-state index is 12.2. The predicted molar refractivity (Wildman–Crippen MR) is 104 cm³/mol. The second kappa shape index (κ2) is 9.64. The minimum atomic E-state index is -0.528. The van der Waals surface area contributed by atoms with Crippen molar-refractivity contribution in [2.24, 2.45) is 0 Å². The minimum absolute atomic E-state index is 0.184. The van der Waals surface area contributed by atoms with Crippen LogP contribution in [0.3, 0.4) is 0 Å². The molecule has 0 radical (unpaired) electrons. The van der Waals surface area contributed by atoms with E-state index in [4.69, 9.17) is 18.9 Å². The zero-order valence-corrected chi connectivity index (χ0v) is 16.8. The van der Waals surface area contributed by atoms with Gasteiger partial charge in [-0.05, 0) is 31.5 Å². The number of amides is 1. The van der Waals surface area contributed by atoms with Gasteiger partial charge in [-0.25, -0.2) is 4.79 Å². The van der Waals surface area contributed by atoms with Crippen molar-refractivity contribution in [1.82, 2.24) is 5.32 Å². The Bertz CT molecular complexity index is 862. The van der Waals surface area contributed by atoms with Crippen LogP contribution in [-0.4, -0.2) is 39.8 Å². The van der Waals surface area contributed by atoms with Gasteiger partial charge in [0.2, 0.25) is 0 Å². The highest BCUT2D eigenvalue weighted by molar-refractivity contribution is 5.92. The Morgan fingerprint density at radius 2 is 1.54 bits per heavy atom. The Hall–Kier alpha value is -3.22. The molecule has 0 spiro atoms. The van der Waals surface area contributed by atoms with E-state index in [0.29, 0.717) is 28.4 Å². The molecule has 0 heterocycles. The van der Waals surface area contributed by atoms with Gasteiger partial charge in [-0.2, -0.15) is 0 Å². The summed E-state index contributed by atoms with van der Waals surface area (Å²) in [6, 6.07) is 8.90. The first-order valence-corrected chi connectivity index (χ1v) is 8.69. The molecule has 2 aromatic rings. The first kappa shape index (κ1) is 21.1. The third kappa shape index (κ3) is 5.16. The second-order valence-corrected chi connectivity index (χ2v) is 6.19. The highest BCUT2D eigenvalue weighted by Crippen LogP contribution is 2.34. The number of aryl methyl sites for hydroxylation is 2. The highest BCUT2D eigenvalue weighted by Gasteiger charge is 2.15. The fourth-order valence-electron chi connectivity index (χ4n) is 2.64. The molecule has 0 aromatic heterocycles. The van der Waals surface area contributed by atoms with E-state index in [1.807, 2.05) is 26.0 Å². The normalized spacial score (nSPS) is 10.2. The zero-order valence-electron chi connectivity index (χ0n) is 16.8. The molecule has 0 saturated carbocycles. The molecule has 0 saturated heterocycles. The largest absolute Gasteiger partial charge is 0.496 e. The Morgan fingerprint density at radius 3 is 2.18 bits per heavy atom. The average molecular weight is 387 g/mol. The van der Waals surface area contributed by atoms with Crippen LogP contribution in [0.15, 0.2) is 30.3 Å². The molecule has 150 valence electrons. The van der Waals surface area contributed by atoms with Crippen LogP contribution < -0.4 is 19.5 Å². The van der Waals surface area contributed by atoms with E-state index in [1.54, 1.807) is 18.2 Å². The van der Waals surface area contributed by atoms with Crippen molar-refractivity contribution >= 4 is 11.9 Å². The molecule has 0 aliphatic rings. The first-order chi connectivity index (χ1) is 13.4. The minimum Gasteiger partial charge on any atom is -0.496 e. The van der Waals surface area contributed by atoms with Crippen molar-refractivity contribution in [3.05, 3.63) is 52.6 Å². The summed E-state index contributed by atoms with van der Waals surface area (Å²) in [4.78, 5) is 24.3. The molecule has 28 heavy (non-hydrogen) atoms. The lowest BCUT2D eigenvalue weighted by Gasteiger charge is -2.14. The standard InChI is InChI=1S/C21H25NO6/c1-13-6-7-14(2)16(8-13)21(24)28-12-20(23)22-11-15-9-18(26-4)19(27-5)10-17(15)25-3/h6-10H,11-12H2,1-5H3,(H,22,23). The number of nitrogens with one attached hydrogen (secondary N) is 1. The lowest BCUT2D eigenvalue weighted by atomic mass is 10.1. The van der Waals surface area contributed by atoms with Crippen LogP contribution in [0.25, 0.3) is 0 Å². The number of hydrogen-bond donors (Lipinski definition) is 1. The van der Waals surface area contributed by atoms with E-state index in [1.165, 1.54) is 21.3 Å². The van der Waals surface area contributed by atoms with Crippen LogP contribution in [0, 0.1) is 13.8 Å². The molecule has 0 aliphatic heterocycles. The van der Waals surface area contributed by atoms with Gasteiger partial charge in [0, 0.05) is 18.2 Å². The molecule has 0 aliphatic carbocycles. The maximum Gasteiger partial charge on any atom is 0.338 e. The molecule has 1 N–H and O–H groups in total. The van der Waals surface area contributed by atoms with Gasteiger partial charge in [-0.15, -0.1) is 0 Å². The molecule has 7 heteroatoms. The van der Waals surface area contributed by atoms with Crippen molar-refractivity contribution in [2.75, 3.05) is 27.9 Å². The quantitative estimate of drug-likeness (QED) is 0.702. The van der Waals surface area contributed by atoms with Gasteiger partial charge in [0.05, 0.1) is 26.9 Å². The van der Waals surface area contributed by atoms with Gasteiger partial charge in [0.25, 0.3) is 5.91 Å². The number of esters is 1. The molecule has 1 amide bonds. The number of hydrogen-bond acceptors (Lipinski definition) is 6. The van der Waals surface area contributed by atoms with Crippen molar-refractivity contribution in [3.63, 3.8) is 0 Å². The van der Waals surface area contributed by atoms with Gasteiger partial charge in [-0.3, -0.25) is 4.79 Å². The van der Waals surface area contributed by atoms with Gasteiger partial charge in [0.15, 0.2) is 18.1 Å². The summed E-state index contributed by atoms with van der Waals surface area (Å²) < 4.78 is 21.0. The van der Waals surface area contributed by atoms with Gasteiger partial charge >= 0.3 is 5.97 Å². The molecule has 0 atom stereocenters. The van der Waals surface area contributed by atoms with E-state index in [2.05, 4.69) is 5.32 Å². The summed E-state index contributed by atoms with van der Waals surface area (Å²) in [5.74, 6) is 0.645. The highest BCUT2D eigenvalue weighted by atomic mass is 16.5. The first-order valence-electron chi connectivity index (χ1n) is 8.69. The van der Waals surface area contributed by atoms with Crippen molar-refractivity contribution in [1.29, 1.82) is 0 Å². The van der Waals surface area contributed by atoms with E-state index in [9.17, 15) is 9.59 Å².